The lowest BCUT2D eigenvalue weighted by atomic mass is 10.2. The summed E-state index contributed by atoms with van der Waals surface area (Å²) in [6, 6.07) is 9.39. The molecule has 1 aliphatic heterocycles. The van der Waals surface area contributed by atoms with E-state index in [1.807, 2.05) is 24.4 Å². The minimum Gasteiger partial charge on any atom is -0.384 e. The van der Waals surface area contributed by atoms with Crippen LogP contribution in [0.25, 0.3) is 0 Å². The molecule has 3 heterocycles. The molecule has 3 N–H and O–H groups in total. The van der Waals surface area contributed by atoms with Gasteiger partial charge < -0.3 is 16.0 Å². The van der Waals surface area contributed by atoms with E-state index >= 15 is 0 Å². The molecule has 1 saturated heterocycles. The molecule has 0 radical (unpaired) electrons. The first-order chi connectivity index (χ1) is 11.7. The summed E-state index contributed by atoms with van der Waals surface area (Å²) in [5.74, 6) is 1.46. The molecule has 0 saturated carbocycles. The van der Waals surface area contributed by atoms with Crippen molar-refractivity contribution in [1.82, 2.24) is 14.9 Å². The Morgan fingerprint density at radius 2 is 1.85 bits per heavy atom. The summed E-state index contributed by atoms with van der Waals surface area (Å²) in [7, 11) is 0. The van der Waals surface area contributed by atoms with E-state index < -0.39 is 0 Å². The molecule has 3 rings (SSSR count). The van der Waals surface area contributed by atoms with Crippen molar-refractivity contribution in [3.05, 3.63) is 42.7 Å². The van der Waals surface area contributed by atoms with Crippen LogP contribution in [0.1, 0.15) is 6.42 Å². The molecular formula is C17H24Cl2N6O. The fourth-order valence-corrected chi connectivity index (χ4v) is 2.70. The maximum Gasteiger partial charge on any atom is 0.225 e. The largest absolute Gasteiger partial charge is 0.384 e. The molecule has 1 fully saturated rings. The Kier molecular flexibility index (Phi) is 9.12. The van der Waals surface area contributed by atoms with Crippen LogP contribution in [0.4, 0.5) is 17.3 Å². The van der Waals surface area contributed by atoms with Gasteiger partial charge in [0.25, 0.3) is 0 Å². The van der Waals surface area contributed by atoms with Gasteiger partial charge in [-0.05, 0) is 24.3 Å². The molecule has 26 heavy (non-hydrogen) atoms. The van der Waals surface area contributed by atoms with Crippen molar-refractivity contribution >= 4 is 48.0 Å². The Morgan fingerprint density at radius 1 is 1.08 bits per heavy atom. The highest BCUT2D eigenvalue weighted by molar-refractivity contribution is 5.90. The Morgan fingerprint density at radius 3 is 2.46 bits per heavy atom. The zero-order valence-corrected chi connectivity index (χ0v) is 16.0. The van der Waals surface area contributed by atoms with E-state index in [2.05, 4.69) is 25.1 Å². The number of hydrogen-bond acceptors (Lipinski definition) is 6. The van der Waals surface area contributed by atoms with Gasteiger partial charge in [0.05, 0.1) is 11.9 Å². The highest BCUT2D eigenvalue weighted by atomic mass is 35.5. The first-order valence-corrected chi connectivity index (χ1v) is 8.10. The number of rotatable bonds is 5. The third kappa shape index (κ3) is 6.33. The molecule has 142 valence electrons. The van der Waals surface area contributed by atoms with Crippen molar-refractivity contribution in [2.45, 2.75) is 6.42 Å². The first-order valence-electron chi connectivity index (χ1n) is 8.10. The van der Waals surface area contributed by atoms with E-state index in [0.29, 0.717) is 17.9 Å². The van der Waals surface area contributed by atoms with Crippen LogP contribution in [-0.2, 0) is 4.79 Å². The molecule has 1 aliphatic rings. The summed E-state index contributed by atoms with van der Waals surface area (Å²) in [5, 5.41) is 2.84. The molecule has 1 amide bonds. The van der Waals surface area contributed by atoms with Crippen LogP contribution in [0, 0.1) is 0 Å². The number of carbonyl (C=O) groups excluding carboxylic acids is 1. The number of hydrogen-bond donors (Lipinski definition) is 2. The van der Waals surface area contributed by atoms with Gasteiger partial charge in [0.2, 0.25) is 5.91 Å². The number of nitrogens with zero attached hydrogens (tertiary/aromatic N) is 4. The van der Waals surface area contributed by atoms with Crippen molar-refractivity contribution < 1.29 is 4.79 Å². The second-order valence-corrected chi connectivity index (χ2v) is 5.79. The minimum absolute atomic E-state index is 0. The lowest BCUT2D eigenvalue weighted by Gasteiger charge is -2.35. The molecule has 0 spiro atoms. The average molecular weight is 399 g/mol. The predicted octanol–water partition coefficient (Wildman–Crippen LogP) is 2.05. The Balaban J connectivity index is 0.00000169. The monoisotopic (exact) mass is 398 g/mol. The van der Waals surface area contributed by atoms with Gasteiger partial charge in [-0.15, -0.1) is 24.8 Å². The summed E-state index contributed by atoms with van der Waals surface area (Å²) in [6.07, 6.45) is 3.85. The smallest absolute Gasteiger partial charge is 0.225 e. The van der Waals surface area contributed by atoms with Crippen molar-refractivity contribution in [3.8, 4) is 0 Å². The van der Waals surface area contributed by atoms with Crippen molar-refractivity contribution in [1.29, 1.82) is 0 Å². The number of nitrogens with two attached hydrogens (primary N) is 1. The number of carbonyl (C=O) groups is 1. The molecule has 0 aromatic carbocycles. The molecular weight excluding hydrogens is 375 g/mol. The van der Waals surface area contributed by atoms with E-state index in [1.54, 1.807) is 18.3 Å². The van der Waals surface area contributed by atoms with E-state index in [9.17, 15) is 4.79 Å². The molecule has 9 heteroatoms. The van der Waals surface area contributed by atoms with E-state index in [0.717, 1.165) is 38.5 Å². The topological polar surface area (TPSA) is 87.4 Å². The summed E-state index contributed by atoms with van der Waals surface area (Å²) < 4.78 is 0. The Hall–Kier alpha value is -2.09. The van der Waals surface area contributed by atoms with Gasteiger partial charge >= 0.3 is 0 Å². The number of aromatic nitrogens is 2. The second-order valence-electron chi connectivity index (χ2n) is 5.79. The molecule has 0 atom stereocenters. The van der Waals surface area contributed by atoms with Crippen LogP contribution in [0.3, 0.4) is 0 Å². The quantitative estimate of drug-likeness (QED) is 0.801. The average Bonchev–Trinajstić information content (AvgIpc) is 2.63. The first kappa shape index (κ1) is 22.0. The van der Waals surface area contributed by atoms with Crippen molar-refractivity contribution in [2.75, 3.05) is 48.7 Å². The molecule has 0 unspecified atom stereocenters. The van der Waals surface area contributed by atoms with Crippen LogP contribution in [0.5, 0.6) is 0 Å². The third-order valence-corrected chi connectivity index (χ3v) is 4.07. The fourth-order valence-electron chi connectivity index (χ4n) is 2.70. The second kappa shape index (κ2) is 10.8. The van der Waals surface area contributed by atoms with Crippen LogP contribution < -0.4 is 16.0 Å². The number of anilines is 3. The number of nitrogens with one attached hydrogen (secondary N) is 1. The molecule has 0 bridgehead atoms. The zero-order chi connectivity index (χ0) is 16.8. The fraction of sp³-hybridized carbons (Fsp3) is 0.353. The summed E-state index contributed by atoms with van der Waals surface area (Å²) in [6.45, 7) is 4.49. The predicted molar refractivity (Wildman–Crippen MR) is 109 cm³/mol. The lowest BCUT2D eigenvalue weighted by Crippen LogP contribution is -2.47. The summed E-state index contributed by atoms with van der Waals surface area (Å²) in [4.78, 5) is 24.9. The van der Waals surface area contributed by atoms with Crippen LogP contribution in [-0.4, -0.2) is 53.5 Å². The zero-order valence-electron chi connectivity index (χ0n) is 14.4. The van der Waals surface area contributed by atoms with Gasteiger partial charge in [0.1, 0.15) is 11.6 Å². The van der Waals surface area contributed by atoms with Gasteiger partial charge in [0.15, 0.2) is 0 Å². The maximum absolute atomic E-state index is 12.0. The standard InChI is InChI=1S/C17H22N6O.2ClH/c18-15-5-4-14(13-20-15)21-17(24)6-8-22-9-11-23(12-10-22)16-3-1-2-7-19-16;;/h1-5,7,13H,6,8-12H2,(H2,18,20)(H,21,24);2*1H. The van der Waals surface area contributed by atoms with E-state index in [4.69, 9.17) is 5.73 Å². The summed E-state index contributed by atoms with van der Waals surface area (Å²) in [5.41, 5.74) is 6.20. The Bertz CT molecular complexity index is 663. The molecule has 7 nitrogen and oxygen atoms in total. The number of piperazine rings is 1. The number of halogens is 2. The van der Waals surface area contributed by atoms with Crippen molar-refractivity contribution in [3.63, 3.8) is 0 Å². The SMILES string of the molecule is Cl.Cl.Nc1ccc(NC(=O)CCN2CCN(c3ccccn3)CC2)cn1. The van der Waals surface area contributed by atoms with Crippen LogP contribution in [0.2, 0.25) is 0 Å². The normalized spacial score (nSPS) is 14.1. The molecule has 0 aliphatic carbocycles. The number of pyridine rings is 2. The summed E-state index contributed by atoms with van der Waals surface area (Å²) >= 11 is 0. The van der Waals surface area contributed by atoms with Gasteiger partial charge in [-0.1, -0.05) is 6.07 Å². The van der Waals surface area contributed by atoms with Crippen LogP contribution in [0.15, 0.2) is 42.7 Å². The maximum atomic E-state index is 12.0. The lowest BCUT2D eigenvalue weighted by molar-refractivity contribution is -0.116. The van der Waals surface area contributed by atoms with Gasteiger partial charge in [-0.3, -0.25) is 9.69 Å². The minimum atomic E-state index is -0.00581. The highest BCUT2D eigenvalue weighted by Crippen LogP contribution is 2.13. The van der Waals surface area contributed by atoms with Gasteiger partial charge in [0, 0.05) is 45.3 Å². The van der Waals surface area contributed by atoms with E-state index in [1.165, 1.54) is 0 Å². The number of nitrogen functional groups attached to an aromatic ring is 1. The third-order valence-electron chi connectivity index (χ3n) is 4.07. The molecule has 2 aromatic heterocycles. The van der Waals surface area contributed by atoms with E-state index in [-0.39, 0.29) is 30.7 Å². The Labute approximate surface area is 165 Å². The number of amides is 1. The van der Waals surface area contributed by atoms with Crippen LogP contribution >= 0.6 is 24.8 Å². The highest BCUT2D eigenvalue weighted by Gasteiger charge is 2.18. The molecule has 2 aromatic rings. The van der Waals surface area contributed by atoms with Gasteiger partial charge in [-0.2, -0.15) is 0 Å². The van der Waals surface area contributed by atoms with Gasteiger partial charge in [-0.25, -0.2) is 9.97 Å². The van der Waals surface area contributed by atoms with Crippen molar-refractivity contribution in [2.24, 2.45) is 0 Å².